The SMILES string of the molecule is CCN(CC)c1ccc(C=Nc2ccccc2SSc2ccccc2N=Cc2ccc(N(CC)CC)cc2O)c(O)c1. The summed E-state index contributed by atoms with van der Waals surface area (Å²) in [5.74, 6) is 0.423. The van der Waals surface area contributed by atoms with E-state index in [0.29, 0.717) is 11.1 Å². The number of hydrogen-bond acceptors (Lipinski definition) is 8. The Hall–Kier alpha value is -3.88. The number of rotatable bonds is 13. The van der Waals surface area contributed by atoms with Crippen molar-refractivity contribution >= 4 is 56.8 Å². The molecule has 6 nitrogen and oxygen atoms in total. The normalized spacial score (nSPS) is 11.4. The van der Waals surface area contributed by atoms with Gasteiger partial charge in [-0.05, 0) is 76.2 Å². The lowest BCUT2D eigenvalue weighted by Gasteiger charge is -2.21. The zero-order valence-corrected chi connectivity index (χ0v) is 26.2. The standard InChI is InChI=1S/C34H38N4O2S2/c1-5-37(6-2)27-19-17-25(31(39)21-27)23-35-29-13-9-11-15-33(29)41-42-34-16-12-10-14-30(34)36-24-26-18-20-28(22-32(26)40)38(7-3)8-4/h9-24,39-40H,5-8H2,1-4H3. The van der Waals surface area contributed by atoms with E-state index < -0.39 is 0 Å². The Kier molecular flexibility index (Phi) is 11.4. The van der Waals surface area contributed by atoms with Gasteiger partial charge in [0.2, 0.25) is 0 Å². The maximum absolute atomic E-state index is 10.6. The molecule has 0 aliphatic heterocycles. The largest absolute Gasteiger partial charge is 0.507 e. The first kappa shape index (κ1) is 31.1. The zero-order chi connectivity index (χ0) is 29.9. The predicted molar refractivity (Wildman–Crippen MR) is 182 cm³/mol. The van der Waals surface area contributed by atoms with Gasteiger partial charge in [0, 0.05) is 83.0 Å². The van der Waals surface area contributed by atoms with E-state index in [-0.39, 0.29) is 11.5 Å². The number of anilines is 2. The fraction of sp³-hybridized carbons (Fsp3) is 0.235. The minimum absolute atomic E-state index is 0.211. The van der Waals surface area contributed by atoms with Crippen LogP contribution in [0.15, 0.2) is 105 Å². The molecule has 0 radical (unpaired) electrons. The summed E-state index contributed by atoms with van der Waals surface area (Å²) in [5, 5.41) is 21.2. The van der Waals surface area contributed by atoms with Gasteiger partial charge in [0.1, 0.15) is 11.5 Å². The second kappa shape index (κ2) is 15.4. The van der Waals surface area contributed by atoms with Crippen LogP contribution in [0.25, 0.3) is 0 Å². The van der Waals surface area contributed by atoms with Gasteiger partial charge < -0.3 is 20.0 Å². The Morgan fingerprint density at radius 2 is 0.952 bits per heavy atom. The minimum atomic E-state index is 0.211. The molecule has 0 saturated carbocycles. The summed E-state index contributed by atoms with van der Waals surface area (Å²) < 4.78 is 0. The molecular weight excluding hydrogens is 561 g/mol. The average Bonchev–Trinajstić information content (AvgIpc) is 3.01. The molecule has 4 aromatic rings. The third kappa shape index (κ3) is 7.89. The smallest absolute Gasteiger partial charge is 0.126 e. The van der Waals surface area contributed by atoms with Crippen LogP contribution in [-0.4, -0.2) is 48.8 Å². The number of para-hydroxylation sites is 2. The summed E-state index contributed by atoms with van der Waals surface area (Å²) in [6, 6.07) is 27.3. The third-order valence-corrected chi connectivity index (χ3v) is 9.38. The maximum atomic E-state index is 10.6. The highest BCUT2D eigenvalue weighted by molar-refractivity contribution is 8.76. The molecule has 4 aromatic carbocycles. The summed E-state index contributed by atoms with van der Waals surface area (Å²) in [4.78, 5) is 15.8. The van der Waals surface area contributed by atoms with Crippen molar-refractivity contribution in [3.05, 3.63) is 96.1 Å². The van der Waals surface area contributed by atoms with Gasteiger partial charge in [0.15, 0.2) is 0 Å². The molecule has 8 heteroatoms. The van der Waals surface area contributed by atoms with Crippen molar-refractivity contribution in [2.75, 3.05) is 36.0 Å². The van der Waals surface area contributed by atoms with E-state index in [1.54, 1.807) is 46.1 Å². The fourth-order valence-corrected chi connectivity index (χ4v) is 6.73. The van der Waals surface area contributed by atoms with E-state index in [4.69, 9.17) is 9.98 Å². The quantitative estimate of drug-likeness (QED) is 0.118. The molecule has 0 spiro atoms. The van der Waals surface area contributed by atoms with Crippen LogP contribution in [0.2, 0.25) is 0 Å². The Bertz CT molecular complexity index is 1420. The van der Waals surface area contributed by atoms with Gasteiger partial charge in [-0.2, -0.15) is 0 Å². The van der Waals surface area contributed by atoms with Crippen molar-refractivity contribution in [1.29, 1.82) is 0 Å². The molecule has 0 saturated heterocycles. The second-order valence-corrected chi connectivity index (χ2v) is 11.7. The number of nitrogens with zero attached hydrogens (tertiary/aromatic N) is 4. The zero-order valence-electron chi connectivity index (χ0n) is 24.6. The number of phenols is 2. The summed E-state index contributed by atoms with van der Waals surface area (Å²) in [5.41, 5.74) is 4.98. The van der Waals surface area contributed by atoms with Gasteiger partial charge in [0.05, 0.1) is 11.4 Å². The van der Waals surface area contributed by atoms with Crippen LogP contribution >= 0.6 is 21.6 Å². The fourth-order valence-electron chi connectivity index (χ4n) is 4.49. The highest BCUT2D eigenvalue weighted by atomic mass is 33.1. The number of phenolic OH excluding ortho intramolecular Hbond substituents is 2. The van der Waals surface area contributed by atoms with Crippen LogP contribution in [0, 0.1) is 0 Å². The van der Waals surface area contributed by atoms with Gasteiger partial charge in [-0.25, -0.2) is 0 Å². The monoisotopic (exact) mass is 598 g/mol. The van der Waals surface area contributed by atoms with Crippen molar-refractivity contribution in [3.8, 4) is 11.5 Å². The lowest BCUT2D eigenvalue weighted by Crippen LogP contribution is -2.21. The Balaban J connectivity index is 1.48. The van der Waals surface area contributed by atoms with E-state index in [2.05, 4.69) is 37.5 Å². The van der Waals surface area contributed by atoms with Crippen LogP contribution in [0.1, 0.15) is 38.8 Å². The molecule has 2 N–H and O–H groups in total. The molecule has 0 aliphatic carbocycles. The molecule has 0 atom stereocenters. The van der Waals surface area contributed by atoms with Crippen molar-refractivity contribution in [2.45, 2.75) is 37.5 Å². The van der Waals surface area contributed by atoms with E-state index >= 15 is 0 Å². The summed E-state index contributed by atoms with van der Waals surface area (Å²) in [6.07, 6.45) is 3.42. The van der Waals surface area contributed by atoms with E-state index in [9.17, 15) is 10.2 Å². The van der Waals surface area contributed by atoms with E-state index in [1.165, 1.54) is 0 Å². The third-order valence-electron chi connectivity index (χ3n) is 6.92. The van der Waals surface area contributed by atoms with Crippen LogP contribution in [-0.2, 0) is 0 Å². The predicted octanol–water partition coefficient (Wildman–Crippen LogP) is 9.09. The lowest BCUT2D eigenvalue weighted by atomic mass is 10.2. The molecule has 0 aromatic heterocycles. The molecule has 4 rings (SSSR count). The van der Waals surface area contributed by atoms with Gasteiger partial charge in [-0.1, -0.05) is 45.9 Å². The van der Waals surface area contributed by atoms with Crippen molar-refractivity contribution in [2.24, 2.45) is 9.98 Å². The molecule has 0 fully saturated rings. The molecule has 218 valence electrons. The summed E-state index contributed by atoms with van der Waals surface area (Å²) >= 11 is 0. The first-order valence-corrected chi connectivity index (χ1v) is 16.4. The number of benzene rings is 4. The molecule has 42 heavy (non-hydrogen) atoms. The Morgan fingerprint density at radius 1 is 0.571 bits per heavy atom. The molecule has 0 heterocycles. The first-order chi connectivity index (χ1) is 20.5. The number of aromatic hydroxyl groups is 2. The Morgan fingerprint density at radius 3 is 1.31 bits per heavy atom. The highest BCUT2D eigenvalue weighted by Gasteiger charge is 2.09. The topological polar surface area (TPSA) is 71.7 Å². The average molecular weight is 599 g/mol. The molecule has 0 aliphatic rings. The van der Waals surface area contributed by atoms with Crippen molar-refractivity contribution in [1.82, 2.24) is 0 Å². The minimum Gasteiger partial charge on any atom is -0.507 e. The van der Waals surface area contributed by atoms with E-state index in [1.807, 2.05) is 72.8 Å². The summed E-state index contributed by atoms with van der Waals surface area (Å²) in [6.45, 7) is 11.9. The van der Waals surface area contributed by atoms with Crippen LogP contribution in [0.3, 0.4) is 0 Å². The maximum Gasteiger partial charge on any atom is 0.126 e. The van der Waals surface area contributed by atoms with Crippen LogP contribution < -0.4 is 9.80 Å². The van der Waals surface area contributed by atoms with E-state index in [0.717, 1.165) is 58.7 Å². The first-order valence-electron chi connectivity index (χ1n) is 14.2. The second-order valence-electron chi connectivity index (χ2n) is 9.45. The van der Waals surface area contributed by atoms with Crippen molar-refractivity contribution < 1.29 is 10.2 Å². The lowest BCUT2D eigenvalue weighted by molar-refractivity contribution is 0.474. The molecule has 0 bridgehead atoms. The summed E-state index contributed by atoms with van der Waals surface area (Å²) in [7, 11) is 3.21. The van der Waals surface area contributed by atoms with Gasteiger partial charge >= 0.3 is 0 Å². The molecule has 0 unspecified atom stereocenters. The van der Waals surface area contributed by atoms with Gasteiger partial charge in [-0.3, -0.25) is 9.98 Å². The highest BCUT2D eigenvalue weighted by Crippen LogP contribution is 2.45. The molecular formula is C34H38N4O2S2. The Labute approximate surface area is 257 Å². The van der Waals surface area contributed by atoms with Crippen LogP contribution in [0.4, 0.5) is 22.7 Å². The van der Waals surface area contributed by atoms with Crippen LogP contribution in [0.5, 0.6) is 11.5 Å². The number of hydrogen-bond donors (Lipinski definition) is 2. The molecule has 0 amide bonds. The number of aliphatic imine (C=N–C) groups is 2. The van der Waals surface area contributed by atoms with Gasteiger partial charge in [0.25, 0.3) is 0 Å². The van der Waals surface area contributed by atoms with Gasteiger partial charge in [-0.15, -0.1) is 0 Å². The van der Waals surface area contributed by atoms with Crippen molar-refractivity contribution in [3.63, 3.8) is 0 Å².